The molecule has 1 aromatic carbocycles. The SMILES string of the molecule is COc1nc[nH]c1-c1cc(C(C)C)ccc1F. The molecule has 17 heavy (non-hydrogen) atoms. The Hall–Kier alpha value is -1.84. The van der Waals surface area contributed by atoms with Crippen molar-refractivity contribution in [3.8, 4) is 17.1 Å². The summed E-state index contributed by atoms with van der Waals surface area (Å²) in [6.07, 6.45) is 1.50. The summed E-state index contributed by atoms with van der Waals surface area (Å²) in [5.41, 5.74) is 2.15. The zero-order valence-electron chi connectivity index (χ0n) is 10.1. The Kier molecular flexibility index (Phi) is 3.13. The third kappa shape index (κ3) is 2.16. The molecule has 0 saturated heterocycles. The number of methoxy groups -OCH3 is 1. The smallest absolute Gasteiger partial charge is 0.239 e. The molecule has 0 spiro atoms. The quantitative estimate of drug-likeness (QED) is 0.884. The predicted octanol–water partition coefficient (Wildman–Crippen LogP) is 3.35. The van der Waals surface area contributed by atoms with Gasteiger partial charge in [-0.05, 0) is 23.6 Å². The standard InChI is InChI=1S/C13H15FN2O/c1-8(2)9-4-5-11(14)10(6-9)12-13(17-3)16-7-15-12/h4-8H,1-3H3,(H,15,16). The van der Waals surface area contributed by atoms with Gasteiger partial charge in [0.05, 0.1) is 13.4 Å². The highest BCUT2D eigenvalue weighted by molar-refractivity contribution is 5.66. The molecule has 2 rings (SSSR count). The first kappa shape index (κ1) is 11.6. The maximum Gasteiger partial charge on any atom is 0.239 e. The lowest BCUT2D eigenvalue weighted by Crippen LogP contribution is -1.93. The van der Waals surface area contributed by atoms with Crippen molar-refractivity contribution in [2.24, 2.45) is 0 Å². The zero-order valence-corrected chi connectivity index (χ0v) is 10.1. The number of rotatable bonds is 3. The van der Waals surface area contributed by atoms with E-state index in [0.29, 0.717) is 23.1 Å². The van der Waals surface area contributed by atoms with Gasteiger partial charge in [0, 0.05) is 5.56 Å². The fourth-order valence-electron chi connectivity index (χ4n) is 1.72. The molecule has 1 heterocycles. The lowest BCUT2D eigenvalue weighted by molar-refractivity contribution is 0.401. The van der Waals surface area contributed by atoms with Crippen molar-refractivity contribution < 1.29 is 9.13 Å². The van der Waals surface area contributed by atoms with E-state index in [1.165, 1.54) is 19.5 Å². The number of ether oxygens (including phenoxy) is 1. The van der Waals surface area contributed by atoms with Gasteiger partial charge in [0.2, 0.25) is 5.88 Å². The van der Waals surface area contributed by atoms with E-state index in [1.807, 2.05) is 6.07 Å². The van der Waals surface area contributed by atoms with E-state index in [-0.39, 0.29) is 5.82 Å². The summed E-state index contributed by atoms with van der Waals surface area (Å²) in [5.74, 6) is 0.477. The second-order valence-corrected chi connectivity index (χ2v) is 4.18. The van der Waals surface area contributed by atoms with Crippen LogP contribution < -0.4 is 4.74 Å². The summed E-state index contributed by atoms with van der Waals surface area (Å²) in [6.45, 7) is 4.14. The third-order valence-corrected chi connectivity index (χ3v) is 2.72. The van der Waals surface area contributed by atoms with Crippen LogP contribution in [0.1, 0.15) is 25.3 Å². The van der Waals surface area contributed by atoms with Crippen LogP contribution in [0.5, 0.6) is 5.88 Å². The Morgan fingerprint density at radius 1 is 1.35 bits per heavy atom. The van der Waals surface area contributed by atoms with Gasteiger partial charge in [-0.3, -0.25) is 0 Å². The molecule has 0 aliphatic rings. The number of imidazole rings is 1. The van der Waals surface area contributed by atoms with Gasteiger partial charge in [-0.25, -0.2) is 9.37 Å². The molecule has 0 aliphatic carbocycles. The number of halogens is 1. The summed E-state index contributed by atoms with van der Waals surface area (Å²) in [6, 6.07) is 5.10. The number of aromatic amines is 1. The molecule has 0 atom stereocenters. The van der Waals surface area contributed by atoms with Crippen molar-refractivity contribution in [1.82, 2.24) is 9.97 Å². The number of hydrogen-bond donors (Lipinski definition) is 1. The van der Waals surface area contributed by atoms with E-state index >= 15 is 0 Å². The summed E-state index contributed by atoms with van der Waals surface area (Å²) < 4.78 is 18.9. The molecular weight excluding hydrogens is 219 g/mol. The molecule has 3 nitrogen and oxygen atoms in total. The maximum atomic E-state index is 13.8. The van der Waals surface area contributed by atoms with Crippen molar-refractivity contribution in [2.45, 2.75) is 19.8 Å². The fourth-order valence-corrected chi connectivity index (χ4v) is 1.72. The van der Waals surface area contributed by atoms with Crippen molar-refractivity contribution in [3.05, 3.63) is 35.9 Å². The van der Waals surface area contributed by atoms with Gasteiger partial charge in [0.15, 0.2) is 0 Å². The van der Waals surface area contributed by atoms with Crippen LogP contribution in [0.25, 0.3) is 11.3 Å². The van der Waals surface area contributed by atoms with Crippen LogP contribution in [-0.4, -0.2) is 17.1 Å². The largest absolute Gasteiger partial charge is 0.479 e. The number of benzene rings is 1. The average molecular weight is 234 g/mol. The minimum atomic E-state index is -0.281. The number of nitrogens with one attached hydrogen (secondary N) is 1. The van der Waals surface area contributed by atoms with Crippen LogP contribution in [-0.2, 0) is 0 Å². The van der Waals surface area contributed by atoms with E-state index < -0.39 is 0 Å². The van der Waals surface area contributed by atoms with Crippen molar-refractivity contribution in [3.63, 3.8) is 0 Å². The first-order valence-electron chi connectivity index (χ1n) is 5.50. The highest BCUT2D eigenvalue weighted by Gasteiger charge is 2.14. The predicted molar refractivity (Wildman–Crippen MR) is 64.6 cm³/mol. The lowest BCUT2D eigenvalue weighted by Gasteiger charge is -2.09. The van der Waals surface area contributed by atoms with E-state index in [1.54, 1.807) is 6.07 Å². The Morgan fingerprint density at radius 3 is 2.76 bits per heavy atom. The molecule has 0 amide bonds. The van der Waals surface area contributed by atoms with Gasteiger partial charge in [-0.2, -0.15) is 0 Å². The van der Waals surface area contributed by atoms with E-state index in [0.717, 1.165) is 5.56 Å². The van der Waals surface area contributed by atoms with E-state index in [4.69, 9.17) is 4.74 Å². The van der Waals surface area contributed by atoms with Crippen LogP contribution in [0.3, 0.4) is 0 Å². The van der Waals surface area contributed by atoms with E-state index in [9.17, 15) is 4.39 Å². The highest BCUT2D eigenvalue weighted by atomic mass is 19.1. The Morgan fingerprint density at radius 2 is 2.12 bits per heavy atom. The lowest BCUT2D eigenvalue weighted by atomic mass is 9.99. The van der Waals surface area contributed by atoms with Crippen LogP contribution in [0, 0.1) is 5.82 Å². The molecule has 0 saturated carbocycles. The molecule has 0 fully saturated rings. The zero-order chi connectivity index (χ0) is 12.4. The molecule has 0 radical (unpaired) electrons. The summed E-state index contributed by atoms with van der Waals surface area (Å²) >= 11 is 0. The summed E-state index contributed by atoms with van der Waals surface area (Å²) in [4.78, 5) is 6.89. The maximum absolute atomic E-state index is 13.8. The minimum Gasteiger partial charge on any atom is -0.479 e. The Labute approximate surface area is 99.7 Å². The monoisotopic (exact) mass is 234 g/mol. The van der Waals surface area contributed by atoms with Gasteiger partial charge >= 0.3 is 0 Å². The second-order valence-electron chi connectivity index (χ2n) is 4.18. The van der Waals surface area contributed by atoms with Crippen LogP contribution in [0.15, 0.2) is 24.5 Å². The highest BCUT2D eigenvalue weighted by Crippen LogP contribution is 2.30. The number of nitrogens with zero attached hydrogens (tertiary/aromatic N) is 1. The van der Waals surface area contributed by atoms with Crippen LogP contribution >= 0.6 is 0 Å². The first-order valence-corrected chi connectivity index (χ1v) is 5.50. The molecule has 1 aromatic heterocycles. The average Bonchev–Trinajstić information content (AvgIpc) is 2.77. The van der Waals surface area contributed by atoms with Gasteiger partial charge in [-0.1, -0.05) is 19.9 Å². The molecule has 0 bridgehead atoms. The number of hydrogen-bond acceptors (Lipinski definition) is 2. The van der Waals surface area contributed by atoms with Crippen molar-refractivity contribution >= 4 is 0 Å². The molecular formula is C13H15FN2O. The fraction of sp³-hybridized carbons (Fsp3) is 0.308. The third-order valence-electron chi connectivity index (χ3n) is 2.72. The molecule has 90 valence electrons. The molecule has 1 N–H and O–H groups in total. The topological polar surface area (TPSA) is 37.9 Å². The Bertz CT molecular complexity index is 520. The van der Waals surface area contributed by atoms with Gasteiger partial charge in [0.25, 0.3) is 0 Å². The normalized spacial score (nSPS) is 10.9. The van der Waals surface area contributed by atoms with Crippen molar-refractivity contribution in [2.75, 3.05) is 7.11 Å². The second kappa shape index (κ2) is 4.57. The van der Waals surface area contributed by atoms with Gasteiger partial charge in [0.1, 0.15) is 11.5 Å². The molecule has 4 heteroatoms. The molecule has 0 aliphatic heterocycles. The molecule has 2 aromatic rings. The van der Waals surface area contributed by atoms with Crippen LogP contribution in [0.4, 0.5) is 4.39 Å². The van der Waals surface area contributed by atoms with Crippen LogP contribution in [0.2, 0.25) is 0 Å². The number of H-pyrrole nitrogens is 1. The Balaban J connectivity index is 2.54. The van der Waals surface area contributed by atoms with Gasteiger partial charge < -0.3 is 9.72 Å². The van der Waals surface area contributed by atoms with Gasteiger partial charge in [-0.15, -0.1) is 0 Å². The minimum absolute atomic E-state index is 0.281. The number of aromatic nitrogens is 2. The first-order chi connectivity index (χ1) is 8.13. The summed E-state index contributed by atoms with van der Waals surface area (Å²) in [5, 5.41) is 0. The summed E-state index contributed by atoms with van der Waals surface area (Å²) in [7, 11) is 1.52. The molecule has 0 unspecified atom stereocenters. The van der Waals surface area contributed by atoms with E-state index in [2.05, 4.69) is 23.8 Å². The van der Waals surface area contributed by atoms with Crippen molar-refractivity contribution in [1.29, 1.82) is 0 Å².